The Balaban J connectivity index is 2.36. The SMILES string of the molecule is N#CC(=C1C(=C(/C#N)c2c(F)c(F)nc(C(F)(F)F)c2F)/C1=C(/C#N)c1c(F)c(F)nc(C(F)(F)F)c1F)c1ccc(C#N)cc1C(F)(F)F. The zero-order valence-electron chi connectivity index (χ0n) is 23.1. The van der Waals surface area contributed by atoms with Gasteiger partial charge in [0.25, 0.3) is 0 Å². The second-order valence-corrected chi connectivity index (χ2v) is 9.46. The van der Waals surface area contributed by atoms with Crippen LogP contribution >= 0.6 is 0 Å². The van der Waals surface area contributed by atoms with Crippen LogP contribution in [0.1, 0.15) is 39.2 Å². The van der Waals surface area contributed by atoms with Gasteiger partial charge < -0.3 is 0 Å². The highest BCUT2D eigenvalue weighted by Crippen LogP contribution is 2.57. The van der Waals surface area contributed by atoms with Crippen molar-refractivity contribution >= 4 is 16.7 Å². The van der Waals surface area contributed by atoms with Crippen LogP contribution in [0.3, 0.4) is 0 Å². The van der Waals surface area contributed by atoms with Crippen LogP contribution in [0.5, 0.6) is 0 Å². The van der Waals surface area contributed by atoms with Crippen LogP contribution in [0.25, 0.3) is 16.7 Å². The maximum Gasteiger partial charge on any atom is 0.436 e. The predicted octanol–water partition coefficient (Wildman–Crippen LogP) is 8.48. The molecule has 0 atom stereocenters. The summed E-state index contributed by atoms with van der Waals surface area (Å²) in [5, 5.41) is 38.6. The van der Waals surface area contributed by atoms with Crippen LogP contribution in [-0.4, -0.2) is 9.97 Å². The minimum absolute atomic E-state index is 0.124. The molecule has 0 bridgehead atoms. The molecule has 21 heteroatoms. The highest BCUT2D eigenvalue weighted by Gasteiger charge is 2.48. The first-order valence-electron chi connectivity index (χ1n) is 12.4. The number of hydrogen-bond acceptors (Lipinski definition) is 6. The summed E-state index contributed by atoms with van der Waals surface area (Å²) in [6.45, 7) is 0. The lowest BCUT2D eigenvalue weighted by Crippen LogP contribution is -2.16. The topological polar surface area (TPSA) is 121 Å². The Labute approximate surface area is 266 Å². The van der Waals surface area contributed by atoms with E-state index < -0.39 is 126 Å². The van der Waals surface area contributed by atoms with Gasteiger partial charge in [-0.25, -0.2) is 27.5 Å². The van der Waals surface area contributed by atoms with Crippen LogP contribution in [-0.2, 0) is 18.5 Å². The summed E-state index contributed by atoms with van der Waals surface area (Å²) < 4.78 is 211. The standard InChI is InChI=1S/C29H3F15N6/c30-19-17(21(32)25(34)49-23(19)28(39,40)41)11(6-47)15-14(10(5-46)9-2-1-8(4-45)3-13(9)27(36,37)38)16(15)12(7-48)18-20(31)24(29(42,43)44)50-26(35)22(18)33/h1-3H/b14-10?,15-11-,16-12+. The van der Waals surface area contributed by atoms with E-state index in [1.165, 1.54) is 6.07 Å². The van der Waals surface area contributed by atoms with Crippen LogP contribution in [0, 0.1) is 80.5 Å². The summed E-state index contributed by atoms with van der Waals surface area (Å²) in [4.78, 5) is 4.10. The minimum atomic E-state index is -5.94. The maximum absolute atomic E-state index is 15.2. The summed E-state index contributed by atoms with van der Waals surface area (Å²) in [6.07, 6.45) is -17.4. The third kappa shape index (κ3) is 6.05. The predicted molar refractivity (Wildman–Crippen MR) is 132 cm³/mol. The van der Waals surface area contributed by atoms with Gasteiger partial charge in [-0.05, 0) is 12.1 Å². The van der Waals surface area contributed by atoms with Gasteiger partial charge in [0.05, 0.1) is 45.0 Å². The van der Waals surface area contributed by atoms with Crippen molar-refractivity contribution in [1.29, 1.82) is 21.0 Å². The fourth-order valence-corrected chi connectivity index (χ4v) is 4.57. The van der Waals surface area contributed by atoms with Crippen molar-refractivity contribution < 1.29 is 65.9 Å². The van der Waals surface area contributed by atoms with Gasteiger partial charge in [-0.3, -0.25) is 0 Å². The molecule has 0 aliphatic heterocycles. The van der Waals surface area contributed by atoms with Gasteiger partial charge in [0.2, 0.25) is 11.9 Å². The lowest BCUT2D eigenvalue weighted by atomic mass is 9.96. The number of aromatic nitrogens is 2. The second-order valence-electron chi connectivity index (χ2n) is 9.46. The Morgan fingerprint density at radius 1 is 0.520 bits per heavy atom. The van der Waals surface area contributed by atoms with Crippen LogP contribution in [0.4, 0.5) is 65.9 Å². The number of halogens is 15. The van der Waals surface area contributed by atoms with Gasteiger partial charge in [0, 0.05) is 22.3 Å². The Hall–Kier alpha value is -6.35. The highest BCUT2D eigenvalue weighted by molar-refractivity contribution is 6.12. The van der Waals surface area contributed by atoms with E-state index >= 15 is 8.78 Å². The summed E-state index contributed by atoms with van der Waals surface area (Å²) in [5.41, 5.74) is -23.9. The van der Waals surface area contributed by atoms with Gasteiger partial charge in [-0.1, -0.05) is 6.07 Å². The summed E-state index contributed by atoms with van der Waals surface area (Å²) >= 11 is 0. The van der Waals surface area contributed by atoms with Crippen molar-refractivity contribution in [3.8, 4) is 24.3 Å². The molecule has 0 unspecified atom stereocenters. The average molecular weight is 720 g/mol. The molecule has 0 N–H and O–H groups in total. The number of nitriles is 4. The van der Waals surface area contributed by atoms with E-state index in [9.17, 15) is 72.9 Å². The average Bonchev–Trinajstić information content (AvgIpc) is 3.73. The van der Waals surface area contributed by atoms with Gasteiger partial charge in [-0.2, -0.15) is 69.3 Å². The van der Waals surface area contributed by atoms with Gasteiger partial charge >= 0.3 is 18.5 Å². The molecule has 1 aliphatic rings. The Morgan fingerprint density at radius 3 is 1.22 bits per heavy atom. The summed E-state index contributed by atoms with van der Waals surface area (Å²) in [6, 6.07) is 5.29. The third-order valence-corrected chi connectivity index (χ3v) is 6.61. The summed E-state index contributed by atoms with van der Waals surface area (Å²) in [5.74, 6) is -16.6. The lowest BCUT2D eigenvalue weighted by molar-refractivity contribution is -0.145. The molecule has 6 nitrogen and oxygen atoms in total. The molecule has 4 rings (SSSR count). The zero-order valence-corrected chi connectivity index (χ0v) is 23.1. The first-order valence-corrected chi connectivity index (χ1v) is 12.4. The van der Waals surface area contributed by atoms with Crippen LogP contribution in [0.2, 0.25) is 0 Å². The molecule has 3 aromatic rings. The number of pyridine rings is 2. The smallest absolute Gasteiger partial charge is 0.209 e. The number of alkyl halides is 9. The number of benzene rings is 1. The largest absolute Gasteiger partial charge is 0.436 e. The molecule has 2 aromatic heterocycles. The number of allylic oxidation sites excluding steroid dienone is 6. The quantitative estimate of drug-likeness (QED) is 0.152. The van der Waals surface area contributed by atoms with E-state index in [0.29, 0.717) is 12.1 Å². The van der Waals surface area contributed by atoms with Gasteiger partial charge in [-0.15, -0.1) is 0 Å². The molecule has 1 fully saturated rings. The Bertz CT molecular complexity index is 2170. The molecule has 0 spiro atoms. The number of rotatable bonds is 3. The first-order chi connectivity index (χ1) is 23.1. The second kappa shape index (κ2) is 12.3. The molecule has 0 radical (unpaired) electrons. The molecular formula is C29H3F15N6. The number of nitrogens with zero attached hydrogens (tertiary/aromatic N) is 6. The fourth-order valence-electron chi connectivity index (χ4n) is 4.57. The molecule has 0 saturated heterocycles. The van der Waals surface area contributed by atoms with Crippen molar-refractivity contribution in [2.24, 2.45) is 0 Å². The molecule has 1 aliphatic carbocycles. The molecule has 1 aromatic carbocycles. The lowest BCUT2D eigenvalue weighted by Gasteiger charge is -2.12. The van der Waals surface area contributed by atoms with E-state index in [1.54, 1.807) is 0 Å². The van der Waals surface area contributed by atoms with Crippen molar-refractivity contribution in [1.82, 2.24) is 9.97 Å². The van der Waals surface area contributed by atoms with Crippen molar-refractivity contribution in [3.05, 3.63) is 109 Å². The Kier molecular flexibility index (Phi) is 8.95. The maximum atomic E-state index is 15.2. The molecular weight excluding hydrogens is 717 g/mol. The van der Waals surface area contributed by atoms with Crippen molar-refractivity contribution in [2.75, 3.05) is 0 Å². The third-order valence-electron chi connectivity index (χ3n) is 6.61. The summed E-state index contributed by atoms with van der Waals surface area (Å²) in [7, 11) is 0. The monoisotopic (exact) mass is 720 g/mol. The van der Waals surface area contributed by atoms with Crippen LogP contribution < -0.4 is 0 Å². The Morgan fingerprint density at radius 2 is 0.900 bits per heavy atom. The zero-order chi connectivity index (χ0) is 37.8. The van der Waals surface area contributed by atoms with Crippen molar-refractivity contribution in [2.45, 2.75) is 18.5 Å². The van der Waals surface area contributed by atoms with E-state index in [2.05, 4.69) is 0 Å². The van der Waals surface area contributed by atoms with Crippen LogP contribution in [0.15, 0.2) is 34.9 Å². The molecule has 254 valence electrons. The minimum Gasteiger partial charge on any atom is -0.209 e. The van der Waals surface area contributed by atoms with Crippen molar-refractivity contribution in [3.63, 3.8) is 0 Å². The molecule has 2 heterocycles. The first kappa shape index (κ1) is 36.5. The molecule has 0 amide bonds. The fraction of sp³-hybridized carbons (Fsp3) is 0.103. The van der Waals surface area contributed by atoms with E-state index in [1.807, 2.05) is 9.97 Å². The molecule has 50 heavy (non-hydrogen) atoms. The van der Waals surface area contributed by atoms with Gasteiger partial charge in [0.1, 0.15) is 18.2 Å². The van der Waals surface area contributed by atoms with E-state index in [-0.39, 0.29) is 6.07 Å². The number of hydrogen-bond donors (Lipinski definition) is 0. The van der Waals surface area contributed by atoms with Gasteiger partial charge in [0.15, 0.2) is 34.7 Å². The van der Waals surface area contributed by atoms with E-state index in [4.69, 9.17) is 5.26 Å². The van der Waals surface area contributed by atoms with E-state index in [0.717, 1.165) is 18.2 Å². The normalized spacial score (nSPS) is 16.1. The molecule has 1 saturated carbocycles. The highest BCUT2D eigenvalue weighted by atomic mass is 19.4.